The van der Waals surface area contributed by atoms with E-state index in [1.807, 2.05) is 24.3 Å². The molecule has 10 heteroatoms. The lowest BCUT2D eigenvalue weighted by Crippen LogP contribution is -2.13. The van der Waals surface area contributed by atoms with E-state index in [2.05, 4.69) is 35.6 Å². The normalized spacial score (nSPS) is 10.8. The highest BCUT2D eigenvalue weighted by atomic mass is 35.5. The Balaban J connectivity index is 1.34. The molecule has 1 amide bonds. The summed E-state index contributed by atoms with van der Waals surface area (Å²) in [7, 11) is 0. The smallest absolute Gasteiger partial charge is 0.249 e. The second-order valence-corrected chi connectivity index (χ2v) is 6.17. The van der Waals surface area contributed by atoms with Crippen molar-refractivity contribution in [2.45, 2.75) is 12.8 Å². The van der Waals surface area contributed by atoms with Gasteiger partial charge in [0.2, 0.25) is 23.6 Å². The van der Waals surface area contributed by atoms with Gasteiger partial charge in [0.15, 0.2) is 5.82 Å². The van der Waals surface area contributed by atoms with Crippen molar-refractivity contribution in [1.82, 2.24) is 30.3 Å². The fraction of sp³-hybridized carbons (Fsp3) is 0.111. The highest BCUT2D eigenvalue weighted by Gasteiger charge is 2.14. The monoisotopic (exact) mass is 395 g/mol. The van der Waals surface area contributed by atoms with Gasteiger partial charge in [0, 0.05) is 24.6 Å². The number of pyridine rings is 1. The second kappa shape index (κ2) is 7.97. The quantitative estimate of drug-likeness (QED) is 0.514. The molecule has 140 valence electrons. The molecule has 9 nitrogen and oxygen atoms in total. The van der Waals surface area contributed by atoms with E-state index in [9.17, 15) is 4.79 Å². The maximum absolute atomic E-state index is 12.1. The van der Waals surface area contributed by atoms with Crippen molar-refractivity contribution in [3.05, 3.63) is 59.6 Å². The first-order valence-electron chi connectivity index (χ1n) is 8.40. The highest BCUT2D eigenvalue weighted by Crippen LogP contribution is 2.24. The molecular weight excluding hydrogens is 382 g/mol. The molecule has 0 saturated carbocycles. The lowest BCUT2D eigenvalue weighted by molar-refractivity contribution is -0.116. The number of hydrogen-bond acceptors (Lipinski definition) is 7. The van der Waals surface area contributed by atoms with Gasteiger partial charge in [0.05, 0.1) is 5.02 Å². The number of aromatic nitrogens is 6. The summed E-state index contributed by atoms with van der Waals surface area (Å²) in [5.41, 5.74) is 1.31. The summed E-state index contributed by atoms with van der Waals surface area (Å²) in [6, 6.07) is 12.6. The first-order chi connectivity index (χ1) is 13.7. The van der Waals surface area contributed by atoms with Crippen molar-refractivity contribution < 1.29 is 9.32 Å². The minimum atomic E-state index is -0.276. The van der Waals surface area contributed by atoms with Crippen LogP contribution in [0.1, 0.15) is 12.3 Å². The number of nitrogens with zero attached hydrogens (tertiary/aromatic N) is 5. The number of halogens is 1. The SMILES string of the molecule is O=C(CCc1nc(-c2ccccn2)no1)Nc1n[nH]c(-c2ccccc2Cl)n1. The number of hydrogen-bond donors (Lipinski definition) is 2. The number of aromatic amines is 1. The van der Waals surface area contributed by atoms with Gasteiger partial charge in [-0.3, -0.25) is 20.2 Å². The van der Waals surface area contributed by atoms with E-state index in [0.717, 1.165) is 0 Å². The van der Waals surface area contributed by atoms with Crippen molar-refractivity contribution in [2.24, 2.45) is 0 Å². The van der Waals surface area contributed by atoms with E-state index in [4.69, 9.17) is 16.1 Å². The van der Waals surface area contributed by atoms with E-state index in [1.54, 1.807) is 24.4 Å². The third kappa shape index (κ3) is 4.04. The number of nitrogens with one attached hydrogen (secondary N) is 2. The average molecular weight is 396 g/mol. The second-order valence-electron chi connectivity index (χ2n) is 5.76. The Kier molecular flexibility index (Phi) is 5.07. The number of carbonyl (C=O) groups is 1. The Bertz CT molecular complexity index is 1090. The highest BCUT2D eigenvalue weighted by molar-refractivity contribution is 6.33. The molecule has 0 fully saturated rings. The minimum Gasteiger partial charge on any atom is -0.339 e. The molecule has 0 bridgehead atoms. The van der Waals surface area contributed by atoms with Gasteiger partial charge < -0.3 is 4.52 Å². The van der Waals surface area contributed by atoms with Gasteiger partial charge in [0.25, 0.3) is 0 Å². The maximum atomic E-state index is 12.1. The number of H-pyrrole nitrogens is 1. The molecule has 0 aliphatic carbocycles. The van der Waals surface area contributed by atoms with Crippen LogP contribution in [0.2, 0.25) is 5.02 Å². The van der Waals surface area contributed by atoms with Crippen LogP contribution in [-0.2, 0) is 11.2 Å². The zero-order chi connectivity index (χ0) is 19.3. The maximum Gasteiger partial charge on any atom is 0.249 e. The van der Waals surface area contributed by atoms with Gasteiger partial charge in [-0.05, 0) is 24.3 Å². The molecule has 0 atom stereocenters. The first kappa shape index (κ1) is 17.8. The summed E-state index contributed by atoms with van der Waals surface area (Å²) in [5.74, 6) is 1.09. The lowest BCUT2D eigenvalue weighted by Gasteiger charge is -1.99. The Morgan fingerprint density at radius 1 is 1.14 bits per heavy atom. The fourth-order valence-corrected chi connectivity index (χ4v) is 2.68. The summed E-state index contributed by atoms with van der Waals surface area (Å²) >= 11 is 6.13. The Morgan fingerprint density at radius 3 is 2.82 bits per heavy atom. The zero-order valence-electron chi connectivity index (χ0n) is 14.5. The average Bonchev–Trinajstić information content (AvgIpc) is 3.37. The number of aryl methyl sites for hydroxylation is 1. The Hall–Kier alpha value is -3.59. The van der Waals surface area contributed by atoms with E-state index in [0.29, 0.717) is 33.8 Å². The van der Waals surface area contributed by atoms with Crippen molar-refractivity contribution >= 4 is 23.5 Å². The molecule has 4 aromatic rings. The molecule has 0 unspecified atom stereocenters. The summed E-state index contributed by atoms with van der Waals surface area (Å²) in [6.07, 6.45) is 2.07. The van der Waals surface area contributed by atoms with E-state index in [-0.39, 0.29) is 24.7 Å². The minimum absolute atomic E-state index is 0.139. The summed E-state index contributed by atoms with van der Waals surface area (Å²) in [6.45, 7) is 0. The van der Waals surface area contributed by atoms with Crippen LogP contribution in [-0.4, -0.2) is 36.2 Å². The third-order valence-corrected chi connectivity index (χ3v) is 4.12. The van der Waals surface area contributed by atoms with E-state index < -0.39 is 0 Å². The van der Waals surface area contributed by atoms with Crippen LogP contribution in [0.25, 0.3) is 22.9 Å². The molecule has 0 aliphatic heterocycles. The molecule has 4 rings (SSSR count). The molecule has 0 spiro atoms. The van der Waals surface area contributed by atoms with Crippen LogP contribution in [0.4, 0.5) is 5.95 Å². The van der Waals surface area contributed by atoms with E-state index in [1.165, 1.54) is 0 Å². The van der Waals surface area contributed by atoms with Crippen molar-refractivity contribution in [3.63, 3.8) is 0 Å². The molecule has 3 heterocycles. The topological polar surface area (TPSA) is 122 Å². The lowest BCUT2D eigenvalue weighted by atomic mass is 10.2. The van der Waals surface area contributed by atoms with Crippen LogP contribution in [0.5, 0.6) is 0 Å². The molecule has 0 aliphatic rings. The Morgan fingerprint density at radius 2 is 2.00 bits per heavy atom. The predicted molar refractivity (Wildman–Crippen MR) is 101 cm³/mol. The summed E-state index contributed by atoms with van der Waals surface area (Å²) in [4.78, 5) is 24.8. The molecule has 0 radical (unpaired) electrons. The molecule has 0 saturated heterocycles. The van der Waals surface area contributed by atoms with Crippen molar-refractivity contribution in [1.29, 1.82) is 0 Å². The largest absolute Gasteiger partial charge is 0.339 e. The Labute approximate surface area is 164 Å². The van der Waals surface area contributed by atoms with Crippen LogP contribution in [0.3, 0.4) is 0 Å². The van der Waals surface area contributed by atoms with Gasteiger partial charge in [-0.25, -0.2) is 0 Å². The molecule has 2 N–H and O–H groups in total. The van der Waals surface area contributed by atoms with Crippen LogP contribution >= 0.6 is 11.6 Å². The summed E-state index contributed by atoms with van der Waals surface area (Å²) in [5, 5.41) is 13.8. The molecule has 1 aromatic carbocycles. The number of amides is 1. The number of benzene rings is 1. The van der Waals surface area contributed by atoms with Gasteiger partial charge in [0.1, 0.15) is 5.69 Å². The number of anilines is 1. The van der Waals surface area contributed by atoms with E-state index >= 15 is 0 Å². The summed E-state index contributed by atoms with van der Waals surface area (Å²) < 4.78 is 5.16. The molecule has 3 aromatic heterocycles. The fourth-order valence-electron chi connectivity index (χ4n) is 2.45. The molecular formula is C18H14ClN7O2. The first-order valence-corrected chi connectivity index (χ1v) is 8.78. The zero-order valence-corrected chi connectivity index (χ0v) is 15.2. The van der Waals surface area contributed by atoms with Crippen LogP contribution < -0.4 is 5.32 Å². The number of carbonyl (C=O) groups excluding carboxylic acids is 1. The third-order valence-electron chi connectivity index (χ3n) is 3.79. The molecule has 28 heavy (non-hydrogen) atoms. The predicted octanol–water partition coefficient (Wildman–Crippen LogP) is 3.14. The van der Waals surface area contributed by atoms with Crippen molar-refractivity contribution in [2.75, 3.05) is 5.32 Å². The number of rotatable bonds is 6. The van der Waals surface area contributed by atoms with Gasteiger partial charge in [-0.15, -0.1) is 5.10 Å². The van der Waals surface area contributed by atoms with Gasteiger partial charge in [-0.2, -0.15) is 9.97 Å². The standard InChI is InChI=1S/C18H14ClN7O2/c19-12-6-2-1-5-11(12)16-23-18(25-24-16)21-14(27)8-9-15-22-17(26-28-15)13-7-3-4-10-20-13/h1-7,10H,8-9H2,(H2,21,23,24,25,27). The van der Waals surface area contributed by atoms with Crippen LogP contribution in [0.15, 0.2) is 53.2 Å². The van der Waals surface area contributed by atoms with Gasteiger partial charge in [-0.1, -0.05) is 35.0 Å². The van der Waals surface area contributed by atoms with Crippen molar-refractivity contribution in [3.8, 4) is 22.9 Å². The van der Waals surface area contributed by atoms with Gasteiger partial charge >= 0.3 is 0 Å². The van der Waals surface area contributed by atoms with Crippen LogP contribution in [0, 0.1) is 0 Å².